The zero-order valence-corrected chi connectivity index (χ0v) is 16.7. The fourth-order valence-electron chi connectivity index (χ4n) is 3.08. The number of halogens is 2. The molecule has 1 fully saturated rings. The number of carboxylic acids is 1. The minimum absolute atomic E-state index is 0. The molecule has 0 aromatic heterocycles. The molecular weight excluding hydrogens is 387 g/mol. The molecule has 142 valence electrons. The number of carbonyl (C=O) groups is 1. The highest BCUT2D eigenvalue weighted by atomic mass is 35.5. The lowest BCUT2D eigenvalue weighted by Crippen LogP contribution is -2.48. The number of piperidine rings is 1. The minimum atomic E-state index is -3.63. The van der Waals surface area contributed by atoms with Gasteiger partial charge in [-0.1, -0.05) is 30.7 Å². The quantitative estimate of drug-likeness (QED) is 0.779. The molecule has 1 saturated heterocycles. The van der Waals surface area contributed by atoms with Gasteiger partial charge in [0, 0.05) is 19.1 Å². The molecule has 9 heteroatoms. The van der Waals surface area contributed by atoms with E-state index in [9.17, 15) is 13.2 Å². The Balaban J connectivity index is 0.00000312. The van der Waals surface area contributed by atoms with Crippen molar-refractivity contribution in [2.75, 3.05) is 26.2 Å². The number of hydrogen-bond acceptors (Lipinski definition) is 4. The van der Waals surface area contributed by atoms with Crippen LogP contribution in [0.2, 0.25) is 5.02 Å². The van der Waals surface area contributed by atoms with Gasteiger partial charge in [0.15, 0.2) is 0 Å². The Kier molecular flexibility index (Phi) is 8.15. The van der Waals surface area contributed by atoms with Gasteiger partial charge in [-0.05, 0) is 37.9 Å². The lowest BCUT2D eigenvalue weighted by molar-refractivity contribution is -0.139. The number of aliphatic carboxylic acids is 1. The monoisotopic (exact) mass is 410 g/mol. The molecule has 2 rings (SSSR count). The largest absolute Gasteiger partial charge is 0.480 e. The van der Waals surface area contributed by atoms with Gasteiger partial charge in [0.25, 0.3) is 0 Å². The molecule has 1 aliphatic heterocycles. The molecule has 0 aliphatic carbocycles. The van der Waals surface area contributed by atoms with Crippen molar-refractivity contribution in [1.82, 2.24) is 9.21 Å². The van der Waals surface area contributed by atoms with Crippen molar-refractivity contribution in [2.24, 2.45) is 0 Å². The summed E-state index contributed by atoms with van der Waals surface area (Å²) in [5.74, 6) is -0.863. The minimum Gasteiger partial charge on any atom is -0.480 e. The van der Waals surface area contributed by atoms with Gasteiger partial charge in [-0.3, -0.25) is 9.69 Å². The van der Waals surface area contributed by atoms with Crippen molar-refractivity contribution in [3.8, 4) is 0 Å². The van der Waals surface area contributed by atoms with E-state index in [1.807, 2.05) is 11.8 Å². The summed E-state index contributed by atoms with van der Waals surface area (Å²) >= 11 is 6.18. The van der Waals surface area contributed by atoms with Gasteiger partial charge in [0.05, 0.1) is 11.6 Å². The van der Waals surface area contributed by atoms with E-state index >= 15 is 0 Å². The molecule has 1 N–H and O–H groups in total. The average molecular weight is 411 g/mol. The van der Waals surface area contributed by atoms with Crippen LogP contribution < -0.4 is 0 Å². The zero-order valence-electron chi connectivity index (χ0n) is 14.3. The molecule has 0 bridgehead atoms. The van der Waals surface area contributed by atoms with E-state index in [1.54, 1.807) is 19.1 Å². The standard InChI is InChI=1S/C16H23ClN2O4S.ClH/c1-3-18(11-15(20)21)13-7-9-19(10-8-13)24(22,23)14-6-4-5-12(2)16(14)17;/h4-6,13H,3,7-11H2,1-2H3,(H,20,21);1H. The second-order valence-electron chi connectivity index (χ2n) is 5.98. The summed E-state index contributed by atoms with van der Waals surface area (Å²) in [5, 5.41) is 9.23. The first-order chi connectivity index (χ1) is 11.3. The Hall–Kier alpha value is -0.860. The second-order valence-corrected chi connectivity index (χ2v) is 8.26. The molecule has 0 spiro atoms. The van der Waals surface area contributed by atoms with Gasteiger partial charge in [0.1, 0.15) is 4.90 Å². The highest BCUT2D eigenvalue weighted by Crippen LogP contribution is 2.29. The maximum Gasteiger partial charge on any atom is 0.317 e. The highest BCUT2D eigenvalue weighted by Gasteiger charge is 2.33. The molecular formula is C16H24Cl2N2O4S. The van der Waals surface area contributed by atoms with Gasteiger partial charge in [-0.25, -0.2) is 8.42 Å². The average Bonchev–Trinajstić information content (AvgIpc) is 2.55. The maximum absolute atomic E-state index is 12.8. The lowest BCUT2D eigenvalue weighted by Gasteiger charge is -2.37. The van der Waals surface area contributed by atoms with Gasteiger partial charge >= 0.3 is 5.97 Å². The van der Waals surface area contributed by atoms with Crippen LogP contribution in [-0.2, 0) is 14.8 Å². The maximum atomic E-state index is 12.8. The Bertz CT molecular complexity index is 704. The predicted molar refractivity (Wildman–Crippen MR) is 100 cm³/mol. The number of carboxylic acid groups (broad SMARTS) is 1. The Morgan fingerprint density at radius 2 is 1.96 bits per heavy atom. The van der Waals surface area contributed by atoms with Gasteiger partial charge in [0.2, 0.25) is 10.0 Å². The summed E-state index contributed by atoms with van der Waals surface area (Å²) in [6, 6.07) is 5.08. The summed E-state index contributed by atoms with van der Waals surface area (Å²) in [6.07, 6.45) is 1.23. The number of nitrogens with zero attached hydrogens (tertiary/aromatic N) is 2. The van der Waals surface area contributed by atoms with Crippen LogP contribution in [0.15, 0.2) is 23.1 Å². The van der Waals surface area contributed by atoms with Crippen molar-refractivity contribution in [2.45, 2.75) is 37.6 Å². The van der Waals surface area contributed by atoms with Crippen LogP contribution in [0, 0.1) is 6.92 Å². The topological polar surface area (TPSA) is 77.9 Å². The van der Waals surface area contributed by atoms with E-state index in [0.717, 1.165) is 5.56 Å². The van der Waals surface area contributed by atoms with Crippen LogP contribution >= 0.6 is 24.0 Å². The Morgan fingerprint density at radius 1 is 1.36 bits per heavy atom. The smallest absolute Gasteiger partial charge is 0.317 e. The normalized spacial score (nSPS) is 16.6. The van der Waals surface area contributed by atoms with E-state index in [0.29, 0.717) is 32.5 Å². The van der Waals surface area contributed by atoms with Gasteiger partial charge < -0.3 is 5.11 Å². The van der Waals surface area contributed by atoms with E-state index in [1.165, 1.54) is 10.4 Å². The van der Waals surface area contributed by atoms with E-state index in [-0.39, 0.29) is 34.9 Å². The third-order valence-corrected chi connectivity index (χ3v) is 7.01. The predicted octanol–water partition coefficient (Wildman–Crippen LogP) is 2.63. The second kappa shape index (κ2) is 9.19. The van der Waals surface area contributed by atoms with Crippen molar-refractivity contribution in [3.05, 3.63) is 28.8 Å². The summed E-state index contributed by atoms with van der Waals surface area (Å²) in [6.45, 7) is 5.04. The Labute approximate surface area is 160 Å². The number of benzene rings is 1. The van der Waals surface area contributed by atoms with Gasteiger partial charge in [-0.2, -0.15) is 4.31 Å². The fraction of sp³-hybridized carbons (Fsp3) is 0.562. The van der Waals surface area contributed by atoms with Crippen molar-refractivity contribution >= 4 is 40.0 Å². The first-order valence-corrected chi connectivity index (χ1v) is 9.80. The van der Waals surface area contributed by atoms with Crippen LogP contribution in [-0.4, -0.2) is 60.9 Å². The van der Waals surface area contributed by atoms with Crippen LogP contribution in [0.25, 0.3) is 0 Å². The van der Waals surface area contributed by atoms with Crippen LogP contribution in [0.1, 0.15) is 25.3 Å². The third kappa shape index (κ3) is 5.08. The summed E-state index contributed by atoms with van der Waals surface area (Å²) in [5.41, 5.74) is 0.728. The number of aryl methyl sites for hydroxylation is 1. The molecule has 1 aromatic rings. The highest BCUT2D eigenvalue weighted by molar-refractivity contribution is 7.89. The van der Waals surface area contributed by atoms with E-state index < -0.39 is 16.0 Å². The number of sulfonamides is 1. The zero-order chi connectivity index (χ0) is 17.9. The van der Waals surface area contributed by atoms with E-state index in [4.69, 9.17) is 16.7 Å². The van der Waals surface area contributed by atoms with Crippen LogP contribution in [0.4, 0.5) is 0 Å². The van der Waals surface area contributed by atoms with Crippen molar-refractivity contribution in [3.63, 3.8) is 0 Å². The number of likely N-dealkylation sites (N-methyl/N-ethyl adjacent to an activating group) is 1. The third-order valence-electron chi connectivity index (χ3n) is 4.46. The molecule has 0 saturated carbocycles. The molecule has 25 heavy (non-hydrogen) atoms. The first-order valence-electron chi connectivity index (χ1n) is 7.98. The summed E-state index contributed by atoms with van der Waals surface area (Å²) < 4.78 is 27.1. The molecule has 1 aromatic carbocycles. The summed E-state index contributed by atoms with van der Waals surface area (Å²) in [7, 11) is -3.63. The molecule has 1 heterocycles. The molecule has 0 atom stereocenters. The molecule has 0 unspecified atom stereocenters. The van der Waals surface area contributed by atoms with E-state index in [2.05, 4.69) is 0 Å². The van der Waals surface area contributed by atoms with Crippen LogP contribution in [0.5, 0.6) is 0 Å². The SMILES string of the molecule is CCN(CC(=O)O)C1CCN(S(=O)(=O)c2cccc(C)c2Cl)CC1.Cl. The number of hydrogen-bond donors (Lipinski definition) is 1. The number of rotatable bonds is 6. The Morgan fingerprint density at radius 3 is 2.48 bits per heavy atom. The van der Waals surface area contributed by atoms with Gasteiger partial charge in [-0.15, -0.1) is 12.4 Å². The summed E-state index contributed by atoms with van der Waals surface area (Å²) in [4.78, 5) is 12.9. The molecule has 0 amide bonds. The lowest BCUT2D eigenvalue weighted by atomic mass is 10.0. The molecule has 6 nitrogen and oxygen atoms in total. The molecule has 1 aliphatic rings. The van der Waals surface area contributed by atoms with Crippen LogP contribution in [0.3, 0.4) is 0 Å². The van der Waals surface area contributed by atoms with Crippen molar-refractivity contribution < 1.29 is 18.3 Å². The first kappa shape index (κ1) is 22.2. The molecule has 0 radical (unpaired) electrons. The fourth-order valence-corrected chi connectivity index (χ4v) is 5.11. The van der Waals surface area contributed by atoms with Crippen molar-refractivity contribution in [1.29, 1.82) is 0 Å².